The number of carbonyl (C=O) groups is 5. The van der Waals surface area contributed by atoms with E-state index < -0.39 is 80.1 Å². The molecule has 6 atom stereocenters. The van der Waals surface area contributed by atoms with Gasteiger partial charge in [-0.05, 0) is 56.1 Å². The Labute approximate surface area is 380 Å². The molecule has 5 amide bonds. The lowest BCUT2D eigenvalue weighted by Crippen LogP contribution is -2.60. The third-order valence-electron chi connectivity index (χ3n) is 13.7. The molecule has 16 nitrogen and oxygen atoms in total. The molecule has 8 rings (SSSR count). The Morgan fingerprint density at radius 3 is 2.46 bits per heavy atom. The number of nitrogens with zero attached hydrogens (tertiary/aromatic N) is 4. The van der Waals surface area contributed by atoms with Gasteiger partial charge in [0.15, 0.2) is 0 Å². The molecular weight excluding hydrogens is 853 g/mol. The van der Waals surface area contributed by atoms with Gasteiger partial charge in [0.1, 0.15) is 29.2 Å². The van der Waals surface area contributed by atoms with Crippen LogP contribution in [0.25, 0.3) is 22.2 Å². The maximum atomic E-state index is 15.1. The monoisotopic (exact) mass is 912 g/mol. The van der Waals surface area contributed by atoms with E-state index in [1.807, 2.05) is 81.5 Å². The van der Waals surface area contributed by atoms with Crippen molar-refractivity contribution in [1.82, 2.24) is 29.7 Å². The Kier molecular flexibility index (Phi) is 12.9. The molecule has 2 aromatic carbocycles. The van der Waals surface area contributed by atoms with Crippen LogP contribution in [0, 0.1) is 17.3 Å². The molecule has 4 fully saturated rings. The third kappa shape index (κ3) is 9.94. The van der Waals surface area contributed by atoms with Crippen LogP contribution in [0.15, 0.2) is 66.7 Å². The van der Waals surface area contributed by atoms with E-state index >= 15 is 4.79 Å². The normalized spacial score (nSPS) is 26.6. The van der Waals surface area contributed by atoms with Gasteiger partial charge < -0.3 is 34.6 Å². The van der Waals surface area contributed by atoms with Crippen LogP contribution in [-0.2, 0) is 29.2 Å². The molecule has 3 aliphatic heterocycles. The van der Waals surface area contributed by atoms with Gasteiger partial charge in [-0.1, -0.05) is 76.1 Å². The highest BCUT2D eigenvalue weighted by atomic mass is 32.2. The van der Waals surface area contributed by atoms with Gasteiger partial charge in [-0.25, -0.2) is 18.2 Å². The van der Waals surface area contributed by atoms with Gasteiger partial charge in [0, 0.05) is 67.4 Å². The number of hydrogen-bond acceptors (Lipinski definition) is 10. The minimum absolute atomic E-state index is 0.00970. The van der Waals surface area contributed by atoms with Crippen molar-refractivity contribution in [3.05, 3.63) is 66.7 Å². The first-order chi connectivity index (χ1) is 31.0. The van der Waals surface area contributed by atoms with Crippen molar-refractivity contribution in [3.63, 3.8) is 0 Å². The summed E-state index contributed by atoms with van der Waals surface area (Å²) in [6.45, 7) is 6.32. The summed E-state index contributed by atoms with van der Waals surface area (Å²) < 4.78 is 40.6. The average molecular weight is 913 g/mol. The van der Waals surface area contributed by atoms with Crippen LogP contribution in [-0.4, -0.2) is 125 Å². The maximum absolute atomic E-state index is 15.1. The van der Waals surface area contributed by atoms with Crippen molar-refractivity contribution in [3.8, 4) is 22.8 Å². The molecule has 4 heterocycles. The van der Waals surface area contributed by atoms with E-state index in [-0.39, 0.29) is 51.3 Å². The summed E-state index contributed by atoms with van der Waals surface area (Å²) in [5, 5.41) is 12.9. The number of pyridine rings is 1. The van der Waals surface area contributed by atoms with Gasteiger partial charge >= 0.3 is 6.09 Å². The highest BCUT2D eigenvalue weighted by Gasteiger charge is 2.62. The molecule has 3 N–H and O–H groups in total. The van der Waals surface area contributed by atoms with Crippen molar-refractivity contribution in [2.45, 2.75) is 114 Å². The number of amides is 5. The van der Waals surface area contributed by atoms with Crippen LogP contribution in [0.2, 0.25) is 0 Å². The number of sulfonamides is 1. The fraction of sp³-hybridized carbons (Fsp3) is 0.542. The lowest BCUT2D eigenvalue weighted by Gasteiger charge is -2.46. The number of benzene rings is 2. The quantitative estimate of drug-likeness (QED) is 0.229. The van der Waals surface area contributed by atoms with Gasteiger partial charge in [0.25, 0.3) is 5.91 Å². The topological polar surface area (TPSA) is 205 Å². The smallest absolute Gasteiger partial charge is 0.407 e. The molecule has 2 saturated heterocycles. The molecule has 348 valence electrons. The first-order valence-electron chi connectivity index (χ1n) is 22.8. The highest BCUT2D eigenvalue weighted by molar-refractivity contribution is 7.91. The number of nitrogens with one attached hydrogen (secondary N) is 2. The summed E-state index contributed by atoms with van der Waals surface area (Å²) in [4.78, 5) is 79.7. The van der Waals surface area contributed by atoms with E-state index in [4.69, 9.17) is 14.5 Å². The zero-order valence-electron chi connectivity index (χ0n) is 37.5. The number of carboxylic acid groups (broad SMARTS) is 1. The number of methoxy groups -OCH3 is 1. The number of aromatic nitrogens is 1. The largest absolute Gasteiger partial charge is 0.497 e. The summed E-state index contributed by atoms with van der Waals surface area (Å²) in [6, 6.07) is 15.3. The first kappa shape index (κ1) is 45.8. The van der Waals surface area contributed by atoms with Crippen LogP contribution in [0.4, 0.5) is 4.79 Å². The summed E-state index contributed by atoms with van der Waals surface area (Å²) in [7, 11) is -2.36. The van der Waals surface area contributed by atoms with Crippen LogP contribution < -0.4 is 19.5 Å². The number of allylic oxidation sites excluding steroid dienone is 1. The minimum atomic E-state index is -3.93. The summed E-state index contributed by atoms with van der Waals surface area (Å²) in [5.74, 6) is -2.27. The molecule has 0 radical (unpaired) electrons. The van der Waals surface area contributed by atoms with Crippen molar-refractivity contribution >= 4 is 50.6 Å². The molecule has 5 aliphatic rings. The lowest BCUT2D eigenvalue weighted by molar-refractivity contribution is -0.146. The van der Waals surface area contributed by atoms with Gasteiger partial charge in [0.2, 0.25) is 27.7 Å². The number of rotatable bonds is 9. The molecule has 1 aromatic heterocycles. The number of fused-ring (bicyclic) bond motifs is 3. The van der Waals surface area contributed by atoms with Crippen molar-refractivity contribution in [2.75, 3.05) is 33.3 Å². The fourth-order valence-electron chi connectivity index (χ4n) is 9.64. The highest BCUT2D eigenvalue weighted by Crippen LogP contribution is 2.46. The SMILES string of the molecule is COc1ccc2c(O[C@@H]3C[C@H]4C(=O)N[C@]5(C(=O)NS(=O)(=O)C6CC6)C[C@H]5C=CCCCCC[C@H](CC(=O)N5CCN(C(=O)O)C(C(C)(C)C)C5)C(=O)N4C3)cc(-c3ccccc3)nc2c1. The second-order valence-electron chi connectivity index (χ2n) is 19.3. The average Bonchev–Trinajstić information content (AvgIpc) is 4.21. The molecule has 2 saturated carbocycles. The van der Waals surface area contributed by atoms with Crippen LogP contribution >= 0.6 is 0 Å². The van der Waals surface area contributed by atoms with Crippen LogP contribution in [0.3, 0.4) is 0 Å². The van der Waals surface area contributed by atoms with Crippen LogP contribution in [0.1, 0.15) is 85.0 Å². The van der Waals surface area contributed by atoms with E-state index in [0.717, 1.165) is 18.4 Å². The molecule has 3 aromatic rings. The maximum Gasteiger partial charge on any atom is 0.407 e. The lowest BCUT2D eigenvalue weighted by atomic mass is 9.84. The molecule has 0 spiro atoms. The summed E-state index contributed by atoms with van der Waals surface area (Å²) in [6.07, 6.45) is 6.33. The molecule has 1 unspecified atom stereocenters. The second kappa shape index (κ2) is 18.3. The molecule has 17 heteroatoms. The number of piperazine rings is 1. The van der Waals surface area contributed by atoms with E-state index in [2.05, 4.69) is 10.0 Å². The molecule has 0 bridgehead atoms. The summed E-state index contributed by atoms with van der Waals surface area (Å²) >= 11 is 0. The minimum Gasteiger partial charge on any atom is -0.497 e. The fourth-order valence-corrected chi connectivity index (χ4v) is 11.0. The number of hydrogen-bond donors (Lipinski definition) is 3. The van der Waals surface area contributed by atoms with Crippen molar-refractivity contribution in [1.29, 1.82) is 0 Å². The molecular formula is C48H60N6O10S. The first-order valence-corrected chi connectivity index (χ1v) is 24.4. The van der Waals surface area contributed by atoms with E-state index in [0.29, 0.717) is 60.2 Å². The van der Waals surface area contributed by atoms with Crippen LogP contribution in [0.5, 0.6) is 11.5 Å². The number of ether oxygens (including phenoxy) is 2. The van der Waals surface area contributed by atoms with Gasteiger partial charge in [-0.3, -0.25) is 23.9 Å². The Hall–Kier alpha value is -5.71. The van der Waals surface area contributed by atoms with E-state index in [9.17, 15) is 32.7 Å². The zero-order chi connectivity index (χ0) is 46.3. The summed E-state index contributed by atoms with van der Waals surface area (Å²) in [5.41, 5.74) is 0.107. The standard InChI is InChI=1S/C48H60N6O10S/c1-47(2,3)41-29-52(21-22-53(41)46(59)60)42(55)23-31-15-9-6-5-7-12-16-32-27-48(32,45(58)51-65(61,62)35-18-19-35)50-43(56)39-25-34(28-54(39)44(31)57)64-40-26-37(30-13-10-8-11-14-30)49-38-24-33(63-4)17-20-36(38)40/h8,10-14,16-17,20,24,26,31-32,34-35,39,41H,5-7,9,15,18-19,21-23,25,27-29H2,1-4H3,(H,50,56)(H,51,58)(H,59,60)/t31-,32-,34-,39+,41?,48-/m1/s1. The van der Waals surface area contributed by atoms with Gasteiger partial charge in [0.05, 0.1) is 36.2 Å². The van der Waals surface area contributed by atoms with E-state index in [1.54, 1.807) is 18.1 Å². The second-order valence-corrected chi connectivity index (χ2v) is 21.3. The Bertz CT molecular complexity index is 2470. The van der Waals surface area contributed by atoms with Crippen molar-refractivity contribution in [2.24, 2.45) is 17.3 Å². The predicted molar refractivity (Wildman–Crippen MR) is 242 cm³/mol. The molecule has 2 aliphatic carbocycles. The zero-order valence-corrected chi connectivity index (χ0v) is 38.3. The predicted octanol–water partition coefficient (Wildman–Crippen LogP) is 5.51. The van der Waals surface area contributed by atoms with Gasteiger partial charge in [-0.15, -0.1) is 0 Å². The van der Waals surface area contributed by atoms with Crippen molar-refractivity contribution < 1.29 is 47.0 Å². The Balaban J connectivity index is 1.12. The molecule has 65 heavy (non-hydrogen) atoms. The van der Waals surface area contributed by atoms with E-state index in [1.165, 1.54) is 9.80 Å². The van der Waals surface area contributed by atoms with Gasteiger partial charge in [-0.2, -0.15) is 0 Å². The number of carbonyl (C=O) groups excluding carboxylic acids is 4. The third-order valence-corrected chi connectivity index (χ3v) is 15.5. The Morgan fingerprint density at radius 2 is 1.75 bits per heavy atom. The Morgan fingerprint density at radius 1 is 0.985 bits per heavy atom.